The molecule has 1 N–H and O–H groups in total. The Balaban J connectivity index is 2.50. The van der Waals surface area contributed by atoms with Gasteiger partial charge in [-0.3, -0.25) is 0 Å². The zero-order chi connectivity index (χ0) is 10.4. The van der Waals surface area contributed by atoms with Crippen LogP contribution in [0.3, 0.4) is 0 Å². The van der Waals surface area contributed by atoms with Gasteiger partial charge >= 0.3 is 6.09 Å². The lowest BCUT2D eigenvalue weighted by Crippen LogP contribution is -2.27. The molecular weight excluding hydrogens is 178 g/mol. The van der Waals surface area contributed by atoms with Gasteiger partial charge in [-0.2, -0.15) is 0 Å². The molecule has 0 aliphatic rings. The van der Waals surface area contributed by atoms with Crippen molar-refractivity contribution in [3.8, 4) is 0 Å². The second kappa shape index (κ2) is 5.27. The molecular formula is C11H15NO2. The van der Waals surface area contributed by atoms with E-state index in [1.165, 1.54) is 0 Å². The third-order valence-corrected chi connectivity index (χ3v) is 1.91. The summed E-state index contributed by atoms with van der Waals surface area (Å²) < 4.78 is 4.78. The SMILES string of the molecule is CCOC(=O)N[C@@H](C)c1ccccc1. The Hall–Kier alpha value is -1.51. The summed E-state index contributed by atoms with van der Waals surface area (Å²) in [5.74, 6) is 0. The first-order valence-electron chi connectivity index (χ1n) is 4.72. The largest absolute Gasteiger partial charge is 0.450 e. The highest BCUT2D eigenvalue weighted by atomic mass is 16.5. The lowest BCUT2D eigenvalue weighted by Gasteiger charge is -2.13. The molecule has 0 fully saturated rings. The van der Waals surface area contributed by atoms with Gasteiger partial charge in [0, 0.05) is 0 Å². The summed E-state index contributed by atoms with van der Waals surface area (Å²) in [7, 11) is 0. The molecule has 0 aliphatic heterocycles. The van der Waals surface area contributed by atoms with Crippen molar-refractivity contribution in [3.05, 3.63) is 35.9 Å². The molecule has 0 aromatic heterocycles. The first kappa shape index (κ1) is 10.6. The van der Waals surface area contributed by atoms with Crippen molar-refractivity contribution in [2.75, 3.05) is 6.61 Å². The number of carbonyl (C=O) groups is 1. The maximum atomic E-state index is 11.1. The van der Waals surface area contributed by atoms with E-state index in [0.717, 1.165) is 5.56 Å². The Labute approximate surface area is 84.1 Å². The molecule has 0 bridgehead atoms. The minimum atomic E-state index is -0.371. The first-order chi connectivity index (χ1) is 6.74. The predicted octanol–water partition coefficient (Wildman–Crippen LogP) is 2.49. The normalized spacial score (nSPS) is 11.9. The zero-order valence-corrected chi connectivity index (χ0v) is 8.49. The summed E-state index contributed by atoms with van der Waals surface area (Å²) in [6.07, 6.45) is -0.371. The molecule has 1 rings (SSSR count). The molecule has 0 spiro atoms. The summed E-state index contributed by atoms with van der Waals surface area (Å²) in [6.45, 7) is 4.10. The number of carbonyl (C=O) groups excluding carboxylic acids is 1. The fourth-order valence-electron chi connectivity index (χ4n) is 1.17. The standard InChI is InChI=1S/C11H15NO2/c1-3-14-11(13)12-9(2)10-7-5-4-6-8-10/h4-9H,3H2,1-2H3,(H,12,13)/t9-/m0/s1. The Kier molecular flexibility index (Phi) is 3.98. The maximum Gasteiger partial charge on any atom is 0.407 e. The smallest absolute Gasteiger partial charge is 0.407 e. The Bertz CT molecular complexity index is 285. The van der Waals surface area contributed by atoms with Gasteiger partial charge in [0.05, 0.1) is 12.6 Å². The van der Waals surface area contributed by atoms with Gasteiger partial charge in [0.25, 0.3) is 0 Å². The molecule has 1 aromatic carbocycles. The van der Waals surface area contributed by atoms with Crippen LogP contribution in [-0.2, 0) is 4.74 Å². The van der Waals surface area contributed by atoms with E-state index in [0.29, 0.717) is 6.61 Å². The number of benzene rings is 1. The Morgan fingerprint density at radius 1 is 1.43 bits per heavy atom. The summed E-state index contributed by atoms with van der Waals surface area (Å²) in [5.41, 5.74) is 1.07. The highest BCUT2D eigenvalue weighted by Gasteiger charge is 2.08. The Morgan fingerprint density at radius 3 is 2.64 bits per heavy atom. The van der Waals surface area contributed by atoms with Gasteiger partial charge in [-0.15, -0.1) is 0 Å². The lowest BCUT2D eigenvalue weighted by molar-refractivity contribution is 0.149. The van der Waals surface area contributed by atoms with E-state index in [9.17, 15) is 4.79 Å². The van der Waals surface area contributed by atoms with Crippen LogP contribution in [-0.4, -0.2) is 12.7 Å². The van der Waals surface area contributed by atoms with Crippen LogP contribution in [0.2, 0.25) is 0 Å². The van der Waals surface area contributed by atoms with Gasteiger partial charge in [-0.1, -0.05) is 30.3 Å². The second-order valence-corrected chi connectivity index (χ2v) is 3.00. The number of rotatable bonds is 3. The van der Waals surface area contributed by atoms with Crippen LogP contribution in [0, 0.1) is 0 Å². The summed E-state index contributed by atoms with van der Waals surface area (Å²) in [6, 6.07) is 9.75. The van der Waals surface area contributed by atoms with Crippen LogP contribution in [0.4, 0.5) is 4.79 Å². The molecule has 0 saturated carbocycles. The van der Waals surface area contributed by atoms with E-state index < -0.39 is 0 Å². The summed E-state index contributed by atoms with van der Waals surface area (Å²) >= 11 is 0. The molecule has 0 heterocycles. The van der Waals surface area contributed by atoms with Crippen molar-refractivity contribution in [2.24, 2.45) is 0 Å². The number of nitrogens with one attached hydrogen (secondary N) is 1. The van der Waals surface area contributed by atoms with E-state index in [-0.39, 0.29) is 12.1 Å². The van der Waals surface area contributed by atoms with Gasteiger partial charge in [0.2, 0.25) is 0 Å². The number of alkyl carbamates (subject to hydrolysis) is 1. The molecule has 1 amide bonds. The molecule has 0 saturated heterocycles. The van der Waals surface area contributed by atoms with E-state index in [2.05, 4.69) is 5.32 Å². The van der Waals surface area contributed by atoms with Crippen molar-refractivity contribution < 1.29 is 9.53 Å². The molecule has 0 aliphatic carbocycles. The van der Waals surface area contributed by atoms with Gasteiger partial charge < -0.3 is 10.1 Å². The molecule has 1 atom stereocenters. The molecule has 0 unspecified atom stereocenters. The third kappa shape index (κ3) is 3.09. The number of amides is 1. The second-order valence-electron chi connectivity index (χ2n) is 3.00. The van der Waals surface area contributed by atoms with Crippen LogP contribution < -0.4 is 5.32 Å². The van der Waals surface area contributed by atoms with Crippen LogP contribution in [0.1, 0.15) is 25.5 Å². The Morgan fingerprint density at radius 2 is 2.07 bits per heavy atom. The number of ether oxygens (including phenoxy) is 1. The lowest BCUT2D eigenvalue weighted by atomic mass is 10.1. The monoisotopic (exact) mass is 193 g/mol. The van der Waals surface area contributed by atoms with E-state index in [4.69, 9.17) is 4.74 Å². The first-order valence-corrected chi connectivity index (χ1v) is 4.72. The predicted molar refractivity (Wildman–Crippen MR) is 55.0 cm³/mol. The van der Waals surface area contributed by atoms with E-state index >= 15 is 0 Å². The molecule has 14 heavy (non-hydrogen) atoms. The van der Waals surface area contributed by atoms with E-state index in [1.54, 1.807) is 6.92 Å². The highest BCUT2D eigenvalue weighted by Crippen LogP contribution is 2.10. The fourth-order valence-corrected chi connectivity index (χ4v) is 1.17. The van der Waals surface area contributed by atoms with Gasteiger partial charge in [-0.05, 0) is 19.4 Å². The summed E-state index contributed by atoms with van der Waals surface area (Å²) in [5, 5.41) is 2.74. The minimum Gasteiger partial charge on any atom is -0.450 e. The van der Waals surface area contributed by atoms with E-state index in [1.807, 2.05) is 37.3 Å². The molecule has 76 valence electrons. The number of hydrogen-bond acceptors (Lipinski definition) is 2. The molecule has 1 aromatic rings. The zero-order valence-electron chi connectivity index (χ0n) is 8.49. The maximum absolute atomic E-state index is 11.1. The van der Waals surface area contributed by atoms with Gasteiger partial charge in [-0.25, -0.2) is 4.79 Å². The van der Waals surface area contributed by atoms with Crippen molar-refractivity contribution in [2.45, 2.75) is 19.9 Å². The van der Waals surface area contributed by atoms with Gasteiger partial charge in [0.15, 0.2) is 0 Å². The third-order valence-electron chi connectivity index (χ3n) is 1.91. The average molecular weight is 193 g/mol. The molecule has 0 radical (unpaired) electrons. The van der Waals surface area contributed by atoms with Crippen LogP contribution in [0.25, 0.3) is 0 Å². The minimum absolute atomic E-state index is 0.0183. The van der Waals surface area contributed by atoms with Crippen molar-refractivity contribution in [1.82, 2.24) is 5.32 Å². The highest BCUT2D eigenvalue weighted by molar-refractivity contribution is 5.67. The number of hydrogen-bond donors (Lipinski definition) is 1. The molecule has 3 heteroatoms. The van der Waals surface area contributed by atoms with Crippen LogP contribution >= 0.6 is 0 Å². The van der Waals surface area contributed by atoms with Crippen molar-refractivity contribution >= 4 is 6.09 Å². The molecule has 3 nitrogen and oxygen atoms in total. The van der Waals surface area contributed by atoms with Crippen molar-refractivity contribution in [3.63, 3.8) is 0 Å². The summed E-state index contributed by atoms with van der Waals surface area (Å²) in [4.78, 5) is 11.1. The topological polar surface area (TPSA) is 38.3 Å². The van der Waals surface area contributed by atoms with Crippen LogP contribution in [0.15, 0.2) is 30.3 Å². The van der Waals surface area contributed by atoms with Crippen LogP contribution in [0.5, 0.6) is 0 Å². The average Bonchev–Trinajstić information content (AvgIpc) is 2.19. The fraction of sp³-hybridized carbons (Fsp3) is 0.364. The van der Waals surface area contributed by atoms with Crippen molar-refractivity contribution in [1.29, 1.82) is 0 Å². The van der Waals surface area contributed by atoms with Gasteiger partial charge in [0.1, 0.15) is 0 Å². The quantitative estimate of drug-likeness (QED) is 0.800.